The maximum atomic E-state index is 12.4. The van der Waals surface area contributed by atoms with Crippen molar-refractivity contribution >= 4 is 0 Å². The molecular formula is C18H24F3N5O2. The van der Waals surface area contributed by atoms with Gasteiger partial charge in [0, 0.05) is 18.9 Å². The van der Waals surface area contributed by atoms with Crippen LogP contribution in [0.1, 0.15) is 37.4 Å². The third-order valence-electron chi connectivity index (χ3n) is 4.54. The number of nitrogens with zero attached hydrogens (tertiary/aromatic N) is 4. The van der Waals surface area contributed by atoms with E-state index >= 15 is 0 Å². The summed E-state index contributed by atoms with van der Waals surface area (Å²) in [6.45, 7) is 3.28. The fraction of sp³-hybridized carbons (Fsp3) is 0.611. The van der Waals surface area contributed by atoms with Gasteiger partial charge in [-0.2, -0.15) is 13.2 Å². The van der Waals surface area contributed by atoms with Gasteiger partial charge in [0.05, 0.1) is 18.8 Å². The summed E-state index contributed by atoms with van der Waals surface area (Å²) < 4.78 is 49.7. The molecule has 1 N–H and O–H groups in total. The number of aromatic nitrogens is 4. The molecule has 10 heteroatoms. The van der Waals surface area contributed by atoms with Gasteiger partial charge in [0.1, 0.15) is 11.8 Å². The molecule has 2 saturated heterocycles. The van der Waals surface area contributed by atoms with E-state index in [0.717, 1.165) is 32.0 Å². The van der Waals surface area contributed by atoms with E-state index in [-0.39, 0.29) is 12.0 Å². The number of alkyl halides is 3. The number of hydrogen-bond donors (Lipinski definition) is 1. The Morgan fingerprint density at radius 2 is 2.00 bits per heavy atom. The first kappa shape index (κ1) is 20.5. The zero-order valence-corrected chi connectivity index (χ0v) is 15.4. The zero-order valence-electron chi connectivity index (χ0n) is 15.4. The summed E-state index contributed by atoms with van der Waals surface area (Å²) in [5.41, 5.74) is -0.938. The molecule has 2 fully saturated rings. The van der Waals surface area contributed by atoms with Crippen LogP contribution in [0, 0.1) is 0 Å². The second-order valence-electron chi connectivity index (χ2n) is 6.68. The summed E-state index contributed by atoms with van der Waals surface area (Å²) in [5, 5.41) is 11.1. The molecule has 0 saturated carbocycles. The Morgan fingerprint density at radius 1 is 1.18 bits per heavy atom. The van der Waals surface area contributed by atoms with Crippen LogP contribution >= 0.6 is 0 Å². The third kappa shape index (κ3) is 6.16. The molecule has 0 amide bonds. The van der Waals surface area contributed by atoms with Crippen LogP contribution in [0.15, 0.2) is 30.6 Å². The van der Waals surface area contributed by atoms with Gasteiger partial charge in [-0.05, 0) is 44.8 Å². The normalized spacial score (nSPS) is 20.9. The van der Waals surface area contributed by atoms with Crippen molar-refractivity contribution in [1.82, 2.24) is 25.3 Å². The molecule has 0 spiro atoms. The fourth-order valence-electron chi connectivity index (χ4n) is 3.10. The van der Waals surface area contributed by atoms with Crippen molar-refractivity contribution in [1.29, 1.82) is 0 Å². The molecule has 0 aromatic carbocycles. The number of rotatable bonds is 3. The lowest BCUT2D eigenvalue weighted by Crippen LogP contribution is -2.29. The average Bonchev–Trinajstić information content (AvgIpc) is 3.25. The number of nitrogens with one attached hydrogen (secondary N) is 1. The number of halogens is 3. The van der Waals surface area contributed by atoms with E-state index in [4.69, 9.17) is 9.47 Å². The van der Waals surface area contributed by atoms with Crippen molar-refractivity contribution < 1.29 is 22.6 Å². The van der Waals surface area contributed by atoms with Gasteiger partial charge in [-0.1, -0.05) is 11.3 Å². The van der Waals surface area contributed by atoms with Crippen LogP contribution in [0.3, 0.4) is 0 Å². The molecule has 2 aromatic heterocycles. The number of ether oxygens (including phenoxy) is 2. The van der Waals surface area contributed by atoms with Crippen LogP contribution in [-0.2, 0) is 10.9 Å². The largest absolute Gasteiger partial charge is 0.472 e. The predicted octanol–water partition coefficient (Wildman–Crippen LogP) is 2.86. The van der Waals surface area contributed by atoms with Gasteiger partial charge in [0.2, 0.25) is 5.88 Å². The van der Waals surface area contributed by atoms with E-state index in [9.17, 15) is 13.2 Å². The van der Waals surface area contributed by atoms with Gasteiger partial charge in [0.25, 0.3) is 0 Å². The fourth-order valence-corrected chi connectivity index (χ4v) is 3.10. The van der Waals surface area contributed by atoms with Crippen LogP contribution in [0.4, 0.5) is 13.2 Å². The number of hydrogen-bond acceptors (Lipinski definition) is 6. The minimum atomic E-state index is -4.44. The first-order chi connectivity index (χ1) is 13.5. The highest BCUT2D eigenvalue weighted by Crippen LogP contribution is 2.29. The van der Waals surface area contributed by atoms with Crippen molar-refractivity contribution in [2.75, 3.05) is 26.3 Å². The standard InChI is InChI=1S/C11H12F3NO2.C7H12N4/c12-11(13,14)9-4-1-5-10(15-9)17-8-3-2-6-16-7-8;1-3-8-4-2-7(1)11-6-5-9-10-11/h1,4-5,8H,2-3,6-7H2;5-8H,1-4H2. The summed E-state index contributed by atoms with van der Waals surface area (Å²) in [4.78, 5) is 3.44. The van der Waals surface area contributed by atoms with Crippen molar-refractivity contribution in [3.05, 3.63) is 36.3 Å². The molecule has 7 nitrogen and oxygen atoms in total. The lowest BCUT2D eigenvalue weighted by Gasteiger charge is -2.22. The first-order valence-corrected chi connectivity index (χ1v) is 9.37. The molecule has 28 heavy (non-hydrogen) atoms. The Bertz CT molecular complexity index is 699. The molecule has 1 unspecified atom stereocenters. The van der Waals surface area contributed by atoms with Crippen molar-refractivity contribution in [3.63, 3.8) is 0 Å². The van der Waals surface area contributed by atoms with Crippen molar-refractivity contribution in [2.45, 2.75) is 44.0 Å². The summed E-state index contributed by atoms with van der Waals surface area (Å²) in [6.07, 6.45) is 2.99. The molecule has 4 rings (SSSR count). The zero-order chi connectivity index (χ0) is 19.8. The van der Waals surface area contributed by atoms with Crippen molar-refractivity contribution in [3.8, 4) is 5.88 Å². The predicted molar refractivity (Wildman–Crippen MR) is 94.9 cm³/mol. The molecule has 0 radical (unpaired) electrons. The number of pyridine rings is 1. The molecule has 2 aliphatic heterocycles. The van der Waals surface area contributed by atoms with Gasteiger partial charge in [0.15, 0.2) is 0 Å². The van der Waals surface area contributed by atoms with E-state index in [2.05, 4.69) is 20.6 Å². The van der Waals surface area contributed by atoms with E-state index in [0.29, 0.717) is 19.3 Å². The lowest BCUT2D eigenvalue weighted by atomic mass is 10.1. The van der Waals surface area contributed by atoms with Crippen LogP contribution in [0.25, 0.3) is 0 Å². The lowest BCUT2D eigenvalue weighted by molar-refractivity contribution is -0.141. The maximum Gasteiger partial charge on any atom is 0.433 e. The SMILES string of the molecule is FC(F)(F)c1cccc(OC2CCCOC2)n1.c1cn(C2CCNCC2)nn1. The highest BCUT2D eigenvalue weighted by atomic mass is 19.4. The Hall–Kier alpha value is -2.20. The molecule has 154 valence electrons. The summed E-state index contributed by atoms with van der Waals surface area (Å²) >= 11 is 0. The van der Waals surface area contributed by atoms with Gasteiger partial charge < -0.3 is 14.8 Å². The van der Waals surface area contributed by atoms with E-state index in [1.807, 2.05) is 10.9 Å². The van der Waals surface area contributed by atoms with Gasteiger partial charge in [-0.15, -0.1) is 5.10 Å². The Morgan fingerprint density at radius 3 is 2.64 bits per heavy atom. The minimum absolute atomic E-state index is 0.00433. The molecule has 2 aromatic rings. The Labute approximate surface area is 161 Å². The van der Waals surface area contributed by atoms with E-state index in [1.165, 1.54) is 25.0 Å². The van der Waals surface area contributed by atoms with Gasteiger partial charge in [-0.3, -0.25) is 0 Å². The monoisotopic (exact) mass is 399 g/mol. The topological polar surface area (TPSA) is 74.1 Å². The van der Waals surface area contributed by atoms with Gasteiger partial charge in [-0.25, -0.2) is 9.67 Å². The number of piperidine rings is 1. The van der Waals surface area contributed by atoms with Crippen LogP contribution in [0.5, 0.6) is 5.88 Å². The quantitative estimate of drug-likeness (QED) is 0.856. The smallest absolute Gasteiger partial charge is 0.433 e. The highest BCUT2D eigenvalue weighted by molar-refractivity contribution is 5.18. The summed E-state index contributed by atoms with van der Waals surface area (Å²) in [6, 6.07) is 4.20. The van der Waals surface area contributed by atoms with Crippen molar-refractivity contribution in [2.24, 2.45) is 0 Å². The highest BCUT2D eigenvalue weighted by Gasteiger charge is 2.32. The van der Waals surface area contributed by atoms with E-state index < -0.39 is 11.9 Å². The second kappa shape index (κ2) is 9.83. The molecule has 0 aliphatic carbocycles. The van der Waals surface area contributed by atoms with E-state index in [1.54, 1.807) is 6.20 Å². The van der Waals surface area contributed by atoms with Crippen LogP contribution < -0.4 is 10.1 Å². The summed E-state index contributed by atoms with van der Waals surface area (Å²) in [5.74, 6) is -0.00433. The molecule has 0 bridgehead atoms. The van der Waals surface area contributed by atoms with Gasteiger partial charge >= 0.3 is 6.18 Å². The second-order valence-corrected chi connectivity index (χ2v) is 6.68. The summed E-state index contributed by atoms with van der Waals surface area (Å²) in [7, 11) is 0. The van der Waals surface area contributed by atoms with Crippen LogP contribution in [-0.4, -0.2) is 52.4 Å². The molecule has 2 aliphatic rings. The average molecular weight is 399 g/mol. The first-order valence-electron chi connectivity index (χ1n) is 9.37. The minimum Gasteiger partial charge on any atom is -0.472 e. The Kier molecular flexibility index (Phi) is 7.21. The molecule has 1 atom stereocenters. The Balaban J connectivity index is 0.000000176. The molecular weight excluding hydrogens is 375 g/mol. The van der Waals surface area contributed by atoms with Crippen LogP contribution in [0.2, 0.25) is 0 Å². The molecule has 4 heterocycles. The maximum absolute atomic E-state index is 12.4. The third-order valence-corrected chi connectivity index (χ3v) is 4.54.